The summed E-state index contributed by atoms with van der Waals surface area (Å²) < 4.78 is 2.31. The second-order valence-corrected chi connectivity index (χ2v) is 9.12. The lowest BCUT2D eigenvalue weighted by molar-refractivity contribution is 0.403. The predicted molar refractivity (Wildman–Crippen MR) is 129 cm³/mol. The molecular formula is C26H31N5. The van der Waals surface area contributed by atoms with E-state index in [0.717, 1.165) is 41.0 Å². The maximum absolute atomic E-state index is 6.46. The van der Waals surface area contributed by atoms with Crippen LogP contribution in [0.1, 0.15) is 48.2 Å². The number of nitrogens with one attached hydrogen (secondary N) is 1. The fraction of sp³-hybridized carbons (Fsp3) is 0.385. The zero-order chi connectivity index (χ0) is 21.7. The van der Waals surface area contributed by atoms with Crippen molar-refractivity contribution in [2.45, 2.75) is 65.5 Å². The van der Waals surface area contributed by atoms with Gasteiger partial charge in [0, 0.05) is 17.5 Å². The van der Waals surface area contributed by atoms with Gasteiger partial charge < -0.3 is 11.1 Å². The summed E-state index contributed by atoms with van der Waals surface area (Å²) in [6.45, 7) is 8.49. The molecule has 1 aliphatic rings. The van der Waals surface area contributed by atoms with E-state index < -0.39 is 0 Å². The minimum atomic E-state index is 0.161. The number of aryl methyl sites for hydroxylation is 4. The smallest absolute Gasteiger partial charge is 0.151 e. The van der Waals surface area contributed by atoms with Crippen LogP contribution in [0.25, 0.3) is 27.6 Å². The van der Waals surface area contributed by atoms with Crippen molar-refractivity contribution in [2.24, 2.45) is 5.73 Å². The third-order valence-corrected chi connectivity index (χ3v) is 6.63. The van der Waals surface area contributed by atoms with Crippen molar-refractivity contribution in [2.75, 3.05) is 5.32 Å². The lowest BCUT2D eigenvalue weighted by atomic mass is 9.91. The number of nitrogens with zero attached hydrogens (tertiary/aromatic N) is 3. The number of anilines is 1. The molecule has 2 aromatic carbocycles. The van der Waals surface area contributed by atoms with E-state index in [-0.39, 0.29) is 12.1 Å². The van der Waals surface area contributed by atoms with Crippen LogP contribution in [-0.2, 0) is 0 Å². The molecule has 5 rings (SSSR count). The molecule has 0 spiro atoms. The summed E-state index contributed by atoms with van der Waals surface area (Å²) in [6.07, 6.45) is 4.57. The van der Waals surface area contributed by atoms with Crippen LogP contribution in [0.3, 0.4) is 0 Å². The van der Waals surface area contributed by atoms with E-state index in [1.54, 1.807) is 0 Å². The molecule has 1 aliphatic carbocycles. The lowest BCUT2D eigenvalue weighted by Crippen LogP contribution is -2.42. The van der Waals surface area contributed by atoms with Gasteiger partial charge in [-0.1, -0.05) is 48.7 Å². The molecule has 31 heavy (non-hydrogen) atoms. The Kier molecular flexibility index (Phi) is 4.94. The van der Waals surface area contributed by atoms with Crippen LogP contribution in [0, 0.1) is 27.7 Å². The minimum Gasteiger partial charge on any atom is -0.365 e. The zero-order valence-electron chi connectivity index (χ0n) is 18.9. The first-order chi connectivity index (χ1) is 14.9. The van der Waals surface area contributed by atoms with Crippen molar-refractivity contribution in [1.82, 2.24) is 14.5 Å². The molecule has 1 fully saturated rings. The second-order valence-electron chi connectivity index (χ2n) is 9.12. The number of rotatable bonds is 3. The van der Waals surface area contributed by atoms with E-state index in [1.165, 1.54) is 40.6 Å². The molecule has 0 saturated heterocycles. The Balaban J connectivity index is 1.81. The maximum Gasteiger partial charge on any atom is 0.151 e. The second kappa shape index (κ2) is 7.65. The normalized spacial score (nSPS) is 19.3. The SMILES string of the molecule is Cc1cc(C)c(-n2c3ccccc3c3c(N[C@@H]4CCCC[C@@H]4N)nc(C)nc32)c(C)c1. The summed E-state index contributed by atoms with van der Waals surface area (Å²) in [5.41, 5.74) is 13.6. The highest BCUT2D eigenvalue weighted by Gasteiger charge is 2.25. The van der Waals surface area contributed by atoms with E-state index >= 15 is 0 Å². The molecule has 5 heteroatoms. The third-order valence-electron chi connectivity index (χ3n) is 6.63. The van der Waals surface area contributed by atoms with Crippen molar-refractivity contribution in [3.63, 3.8) is 0 Å². The van der Waals surface area contributed by atoms with Crippen molar-refractivity contribution >= 4 is 27.8 Å². The fourth-order valence-corrected chi connectivity index (χ4v) is 5.33. The molecule has 0 amide bonds. The van der Waals surface area contributed by atoms with Crippen molar-refractivity contribution in [3.8, 4) is 5.69 Å². The van der Waals surface area contributed by atoms with Gasteiger partial charge in [0.25, 0.3) is 0 Å². The Morgan fingerprint density at radius 2 is 1.68 bits per heavy atom. The first kappa shape index (κ1) is 20.0. The van der Waals surface area contributed by atoms with Gasteiger partial charge in [-0.15, -0.1) is 0 Å². The predicted octanol–water partition coefficient (Wildman–Crippen LogP) is 5.49. The monoisotopic (exact) mass is 413 g/mol. The Morgan fingerprint density at radius 1 is 0.968 bits per heavy atom. The van der Waals surface area contributed by atoms with Gasteiger partial charge in [0.1, 0.15) is 11.6 Å². The summed E-state index contributed by atoms with van der Waals surface area (Å²) in [6, 6.07) is 13.5. The molecule has 2 heterocycles. The molecule has 5 nitrogen and oxygen atoms in total. The molecule has 4 aromatic rings. The summed E-state index contributed by atoms with van der Waals surface area (Å²) in [5.74, 6) is 1.67. The number of hydrogen-bond donors (Lipinski definition) is 2. The maximum atomic E-state index is 6.46. The van der Waals surface area contributed by atoms with E-state index in [1.807, 2.05) is 6.92 Å². The Morgan fingerprint density at radius 3 is 2.42 bits per heavy atom. The summed E-state index contributed by atoms with van der Waals surface area (Å²) in [7, 11) is 0. The van der Waals surface area contributed by atoms with Gasteiger partial charge in [0.05, 0.1) is 16.6 Å². The van der Waals surface area contributed by atoms with Crippen molar-refractivity contribution < 1.29 is 0 Å². The first-order valence-corrected chi connectivity index (χ1v) is 11.3. The van der Waals surface area contributed by atoms with E-state index in [4.69, 9.17) is 15.7 Å². The molecular weight excluding hydrogens is 382 g/mol. The van der Waals surface area contributed by atoms with Crippen LogP contribution in [-0.4, -0.2) is 26.6 Å². The standard InChI is InChI=1S/C26H31N5/c1-15-13-16(2)24(17(3)14-15)31-22-12-8-5-9-19(22)23-25(28-18(4)29-26(23)31)30-21-11-7-6-10-20(21)27/h5,8-9,12-14,20-21H,6-7,10-11,27H2,1-4H3,(H,28,29,30)/t20-,21+/m0/s1. The Hall–Kier alpha value is -2.92. The number of benzene rings is 2. The van der Waals surface area contributed by atoms with Crippen LogP contribution in [0.4, 0.5) is 5.82 Å². The lowest BCUT2D eigenvalue weighted by Gasteiger charge is -2.30. The van der Waals surface area contributed by atoms with E-state index in [9.17, 15) is 0 Å². The summed E-state index contributed by atoms with van der Waals surface area (Å²) in [5, 5.41) is 5.97. The molecule has 0 radical (unpaired) electrons. The van der Waals surface area contributed by atoms with E-state index in [2.05, 4.69) is 67.1 Å². The van der Waals surface area contributed by atoms with Gasteiger partial charge in [-0.2, -0.15) is 0 Å². The average molecular weight is 414 g/mol. The first-order valence-electron chi connectivity index (χ1n) is 11.3. The summed E-state index contributed by atoms with van der Waals surface area (Å²) in [4.78, 5) is 9.80. The molecule has 160 valence electrons. The number of aromatic nitrogens is 3. The van der Waals surface area contributed by atoms with Crippen molar-refractivity contribution in [3.05, 3.63) is 58.9 Å². The number of fused-ring (bicyclic) bond motifs is 3. The van der Waals surface area contributed by atoms with Crippen LogP contribution in [0.5, 0.6) is 0 Å². The molecule has 3 N–H and O–H groups in total. The van der Waals surface area contributed by atoms with Crippen LogP contribution in [0.2, 0.25) is 0 Å². The minimum absolute atomic E-state index is 0.161. The van der Waals surface area contributed by atoms with Crippen LogP contribution < -0.4 is 11.1 Å². The van der Waals surface area contributed by atoms with Gasteiger partial charge >= 0.3 is 0 Å². The molecule has 0 bridgehead atoms. The summed E-state index contributed by atoms with van der Waals surface area (Å²) >= 11 is 0. The molecule has 2 aromatic heterocycles. The van der Waals surface area contributed by atoms with Crippen molar-refractivity contribution in [1.29, 1.82) is 0 Å². The Bertz CT molecular complexity index is 1260. The molecule has 0 aliphatic heterocycles. The van der Waals surface area contributed by atoms with E-state index in [0.29, 0.717) is 0 Å². The van der Waals surface area contributed by atoms with Gasteiger partial charge in [0.15, 0.2) is 5.65 Å². The molecule has 1 saturated carbocycles. The molecule has 0 unspecified atom stereocenters. The number of nitrogens with two attached hydrogens (primary N) is 1. The average Bonchev–Trinajstić information content (AvgIpc) is 3.03. The van der Waals surface area contributed by atoms with Gasteiger partial charge in [-0.3, -0.25) is 4.57 Å². The highest BCUT2D eigenvalue weighted by Crippen LogP contribution is 2.37. The van der Waals surface area contributed by atoms with Crippen LogP contribution in [0.15, 0.2) is 36.4 Å². The van der Waals surface area contributed by atoms with Gasteiger partial charge in [0.2, 0.25) is 0 Å². The van der Waals surface area contributed by atoms with Gasteiger partial charge in [-0.05, 0) is 57.7 Å². The number of para-hydroxylation sites is 1. The highest BCUT2D eigenvalue weighted by molar-refractivity contribution is 6.13. The number of hydrogen-bond acceptors (Lipinski definition) is 4. The fourth-order valence-electron chi connectivity index (χ4n) is 5.33. The quantitative estimate of drug-likeness (QED) is 0.466. The van der Waals surface area contributed by atoms with Gasteiger partial charge in [-0.25, -0.2) is 9.97 Å². The highest BCUT2D eigenvalue weighted by atomic mass is 15.1. The van der Waals surface area contributed by atoms with Crippen LogP contribution >= 0.6 is 0 Å². The topological polar surface area (TPSA) is 68.8 Å². The largest absolute Gasteiger partial charge is 0.365 e. The third kappa shape index (κ3) is 3.37. The molecule has 2 atom stereocenters. The zero-order valence-corrected chi connectivity index (χ0v) is 18.9. The Labute approximate surface area is 183 Å².